The van der Waals surface area contributed by atoms with Gasteiger partial charge in [-0.1, -0.05) is 0 Å². The molecule has 15 heavy (non-hydrogen) atoms. The van der Waals surface area contributed by atoms with Crippen molar-refractivity contribution in [2.75, 3.05) is 27.2 Å². The molecule has 0 aliphatic carbocycles. The van der Waals surface area contributed by atoms with E-state index in [0.717, 1.165) is 31.7 Å². The lowest BCUT2D eigenvalue weighted by molar-refractivity contribution is 0.348. The number of rotatable bonds is 7. The molecule has 1 atom stereocenters. The third-order valence-corrected chi connectivity index (χ3v) is 2.31. The van der Waals surface area contributed by atoms with Crippen LogP contribution in [-0.2, 0) is 6.42 Å². The minimum absolute atomic E-state index is 0.552. The van der Waals surface area contributed by atoms with Gasteiger partial charge in [0, 0.05) is 19.0 Å². The first-order chi connectivity index (χ1) is 7.18. The van der Waals surface area contributed by atoms with Crippen molar-refractivity contribution < 1.29 is 4.42 Å². The molecule has 3 heteroatoms. The van der Waals surface area contributed by atoms with E-state index < -0.39 is 0 Å². The second kappa shape index (κ2) is 6.64. The summed E-state index contributed by atoms with van der Waals surface area (Å²) in [7, 11) is 4.20. The van der Waals surface area contributed by atoms with Crippen LogP contribution in [-0.4, -0.2) is 38.1 Å². The largest absolute Gasteiger partial charge is 0.469 e. The summed E-state index contributed by atoms with van der Waals surface area (Å²) in [6, 6.07) is 4.53. The van der Waals surface area contributed by atoms with E-state index in [0.29, 0.717) is 6.04 Å². The Hall–Kier alpha value is -0.800. The minimum atomic E-state index is 0.552. The van der Waals surface area contributed by atoms with Gasteiger partial charge in [-0.05, 0) is 46.1 Å². The molecule has 0 spiro atoms. The van der Waals surface area contributed by atoms with Crippen molar-refractivity contribution in [2.24, 2.45) is 0 Å². The normalized spacial score (nSPS) is 13.3. The molecule has 1 unspecified atom stereocenters. The van der Waals surface area contributed by atoms with Crippen LogP contribution in [0.2, 0.25) is 0 Å². The Morgan fingerprint density at radius 3 is 2.87 bits per heavy atom. The van der Waals surface area contributed by atoms with Crippen LogP contribution >= 0.6 is 0 Å². The Balaban J connectivity index is 2.01. The SMILES string of the molecule is CC(CN(C)C)NCCCc1ccco1. The highest BCUT2D eigenvalue weighted by atomic mass is 16.3. The van der Waals surface area contributed by atoms with Crippen molar-refractivity contribution in [1.82, 2.24) is 10.2 Å². The summed E-state index contributed by atoms with van der Waals surface area (Å²) in [6.45, 7) is 4.35. The number of nitrogens with one attached hydrogen (secondary N) is 1. The summed E-state index contributed by atoms with van der Waals surface area (Å²) in [4.78, 5) is 2.20. The molecule has 1 rings (SSSR count). The van der Waals surface area contributed by atoms with Crippen LogP contribution < -0.4 is 5.32 Å². The smallest absolute Gasteiger partial charge is 0.103 e. The van der Waals surface area contributed by atoms with Crippen LogP contribution in [0.3, 0.4) is 0 Å². The van der Waals surface area contributed by atoms with Crippen LogP contribution in [0, 0.1) is 0 Å². The standard InChI is InChI=1S/C12H22N2O/c1-11(10-14(2)3)13-8-4-6-12-7-5-9-15-12/h5,7,9,11,13H,4,6,8,10H2,1-3H3. The maximum absolute atomic E-state index is 5.27. The first-order valence-corrected chi connectivity index (χ1v) is 5.59. The predicted molar refractivity (Wildman–Crippen MR) is 63.0 cm³/mol. The van der Waals surface area contributed by atoms with Crippen molar-refractivity contribution in [3.05, 3.63) is 24.2 Å². The van der Waals surface area contributed by atoms with Gasteiger partial charge in [-0.15, -0.1) is 0 Å². The van der Waals surface area contributed by atoms with E-state index in [1.165, 1.54) is 0 Å². The lowest BCUT2D eigenvalue weighted by Gasteiger charge is -2.17. The third-order valence-electron chi connectivity index (χ3n) is 2.31. The van der Waals surface area contributed by atoms with Crippen molar-refractivity contribution >= 4 is 0 Å². The maximum Gasteiger partial charge on any atom is 0.103 e. The summed E-state index contributed by atoms with van der Waals surface area (Å²) in [5.41, 5.74) is 0. The van der Waals surface area contributed by atoms with Gasteiger partial charge in [0.25, 0.3) is 0 Å². The van der Waals surface area contributed by atoms with Gasteiger partial charge in [-0.2, -0.15) is 0 Å². The van der Waals surface area contributed by atoms with Gasteiger partial charge >= 0.3 is 0 Å². The zero-order valence-electron chi connectivity index (χ0n) is 9.99. The van der Waals surface area contributed by atoms with Gasteiger partial charge in [0.15, 0.2) is 0 Å². The van der Waals surface area contributed by atoms with Crippen molar-refractivity contribution in [2.45, 2.75) is 25.8 Å². The molecule has 86 valence electrons. The first kappa shape index (κ1) is 12.3. The molecular weight excluding hydrogens is 188 g/mol. The Bertz CT molecular complexity index is 244. The predicted octanol–water partition coefficient (Wildman–Crippen LogP) is 1.75. The highest BCUT2D eigenvalue weighted by Gasteiger charge is 2.02. The Kier molecular flexibility index (Phi) is 5.43. The monoisotopic (exact) mass is 210 g/mol. The van der Waals surface area contributed by atoms with E-state index in [-0.39, 0.29) is 0 Å². The topological polar surface area (TPSA) is 28.4 Å². The van der Waals surface area contributed by atoms with Gasteiger partial charge in [0.1, 0.15) is 5.76 Å². The van der Waals surface area contributed by atoms with Crippen LogP contribution in [0.1, 0.15) is 19.1 Å². The quantitative estimate of drug-likeness (QED) is 0.695. The van der Waals surface area contributed by atoms with Crippen molar-refractivity contribution in [3.8, 4) is 0 Å². The molecule has 0 fully saturated rings. The molecule has 0 amide bonds. The molecule has 1 heterocycles. The molecule has 1 N–H and O–H groups in total. The fourth-order valence-electron chi connectivity index (χ4n) is 1.68. The van der Waals surface area contributed by atoms with Gasteiger partial charge < -0.3 is 14.6 Å². The van der Waals surface area contributed by atoms with Gasteiger partial charge in [-0.3, -0.25) is 0 Å². The lowest BCUT2D eigenvalue weighted by atomic mass is 10.2. The average molecular weight is 210 g/mol. The second-order valence-electron chi connectivity index (χ2n) is 4.30. The van der Waals surface area contributed by atoms with Crippen molar-refractivity contribution in [1.29, 1.82) is 0 Å². The summed E-state index contributed by atoms with van der Waals surface area (Å²) in [5, 5.41) is 3.49. The van der Waals surface area contributed by atoms with Crippen LogP contribution in [0.5, 0.6) is 0 Å². The second-order valence-corrected chi connectivity index (χ2v) is 4.30. The molecule has 0 aliphatic heterocycles. The minimum Gasteiger partial charge on any atom is -0.469 e. The third kappa shape index (κ3) is 5.60. The number of furan rings is 1. The van der Waals surface area contributed by atoms with E-state index in [1.807, 2.05) is 12.1 Å². The average Bonchev–Trinajstić information content (AvgIpc) is 2.63. The molecular formula is C12H22N2O. The highest BCUT2D eigenvalue weighted by Crippen LogP contribution is 2.02. The van der Waals surface area contributed by atoms with E-state index in [9.17, 15) is 0 Å². The molecule has 0 aliphatic rings. The number of likely N-dealkylation sites (N-methyl/N-ethyl adjacent to an activating group) is 1. The van der Waals surface area contributed by atoms with E-state index in [4.69, 9.17) is 4.42 Å². The molecule has 0 saturated carbocycles. The molecule has 0 bridgehead atoms. The maximum atomic E-state index is 5.27. The van der Waals surface area contributed by atoms with Gasteiger partial charge in [-0.25, -0.2) is 0 Å². The number of nitrogens with zero attached hydrogens (tertiary/aromatic N) is 1. The summed E-state index contributed by atoms with van der Waals surface area (Å²) in [6.07, 6.45) is 3.89. The molecule has 1 aromatic rings. The summed E-state index contributed by atoms with van der Waals surface area (Å²) in [5.74, 6) is 1.08. The Morgan fingerprint density at radius 1 is 1.47 bits per heavy atom. The molecule has 0 radical (unpaired) electrons. The van der Waals surface area contributed by atoms with Gasteiger partial charge in [0.05, 0.1) is 6.26 Å². The molecule has 1 aromatic heterocycles. The zero-order valence-corrected chi connectivity index (χ0v) is 9.99. The fourth-order valence-corrected chi connectivity index (χ4v) is 1.68. The van der Waals surface area contributed by atoms with E-state index >= 15 is 0 Å². The molecule has 0 saturated heterocycles. The van der Waals surface area contributed by atoms with Crippen molar-refractivity contribution in [3.63, 3.8) is 0 Å². The van der Waals surface area contributed by atoms with E-state index in [1.54, 1.807) is 6.26 Å². The number of aryl methyl sites for hydroxylation is 1. The highest BCUT2D eigenvalue weighted by molar-refractivity contribution is 4.97. The molecule has 3 nitrogen and oxygen atoms in total. The van der Waals surface area contributed by atoms with Crippen LogP contribution in [0.15, 0.2) is 22.8 Å². The summed E-state index contributed by atoms with van der Waals surface area (Å²) < 4.78 is 5.27. The Morgan fingerprint density at radius 2 is 2.27 bits per heavy atom. The number of hydrogen-bond donors (Lipinski definition) is 1. The van der Waals surface area contributed by atoms with Gasteiger partial charge in [0.2, 0.25) is 0 Å². The van der Waals surface area contributed by atoms with Crippen LogP contribution in [0.25, 0.3) is 0 Å². The summed E-state index contributed by atoms with van der Waals surface area (Å²) >= 11 is 0. The molecule has 0 aromatic carbocycles. The fraction of sp³-hybridized carbons (Fsp3) is 0.667. The zero-order chi connectivity index (χ0) is 11.1. The lowest BCUT2D eigenvalue weighted by Crippen LogP contribution is -2.36. The van der Waals surface area contributed by atoms with Crippen LogP contribution in [0.4, 0.5) is 0 Å². The Labute approximate surface area is 92.5 Å². The van der Waals surface area contributed by atoms with E-state index in [2.05, 4.69) is 31.2 Å². The number of hydrogen-bond acceptors (Lipinski definition) is 3. The first-order valence-electron chi connectivity index (χ1n) is 5.59.